The van der Waals surface area contributed by atoms with Gasteiger partial charge in [0.2, 0.25) is 0 Å². The smallest absolute Gasteiger partial charge is 0.325 e. The number of benzene rings is 2. The zero-order chi connectivity index (χ0) is 19.7. The molecule has 1 saturated heterocycles. The third kappa shape index (κ3) is 3.60. The van der Waals surface area contributed by atoms with Crippen LogP contribution in [0.25, 0.3) is 0 Å². The maximum atomic E-state index is 13.1. The molecule has 4 rings (SSSR count). The largest absolute Gasteiger partial charge is 0.331 e. The number of nitrogens with one attached hydrogen (secondary N) is 1. The summed E-state index contributed by atoms with van der Waals surface area (Å²) in [6, 6.07) is 15.1. The first kappa shape index (κ1) is 18.5. The summed E-state index contributed by atoms with van der Waals surface area (Å²) in [5.74, 6) is -0.0333. The van der Waals surface area contributed by atoms with Gasteiger partial charge in [-0.15, -0.1) is 0 Å². The highest BCUT2D eigenvalue weighted by Crippen LogP contribution is 2.31. The van der Waals surface area contributed by atoms with Crippen molar-refractivity contribution in [3.63, 3.8) is 0 Å². The highest BCUT2D eigenvalue weighted by Gasteiger charge is 2.48. The number of amidine groups is 1. The van der Waals surface area contributed by atoms with Crippen molar-refractivity contribution in [2.75, 3.05) is 7.05 Å². The van der Waals surface area contributed by atoms with Crippen LogP contribution in [0.4, 0.5) is 9.18 Å². The molecule has 0 bridgehead atoms. The Morgan fingerprint density at radius 2 is 1.79 bits per heavy atom. The Bertz CT molecular complexity index is 920. The molecule has 28 heavy (non-hydrogen) atoms. The molecule has 0 radical (unpaired) electrons. The third-order valence-corrected chi connectivity index (χ3v) is 5.88. The van der Waals surface area contributed by atoms with Gasteiger partial charge in [0.15, 0.2) is 17.4 Å². The number of hydrogen-bond donors (Lipinski definition) is 1. The molecule has 2 aliphatic heterocycles. The zero-order valence-corrected chi connectivity index (χ0v) is 16.0. The molecule has 2 aromatic rings. The Balaban J connectivity index is 1.59. The molecule has 0 spiro atoms. The van der Waals surface area contributed by atoms with Crippen LogP contribution in [0.2, 0.25) is 0 Å². The lowest BCUT2D eigenvalue weighted by molar-refractivity contribution is -0.127. The lowest BCUT2D eigenvalue weighted by Crippen LogP contribution is -2.63. The van der Waals surface area contributed by atoms with Crippen molar-refractivity contribution >= 4 is 28.9 Å². The van der Waals surface area contributed by atoms with Crippen LogP contribution < -0.4 is 5.32 Å². The molecule has 8 heteroatoms. The van der Waals surface area contributed by atoms with Crippen molar-refractivity contribution in [1.29, 1.82) is 0 Å². The van der Waals surface area contributed by atoms with Crippen molar-refractivity contribution in [3.8, 4) is 0 Å². The second-order valence-electron chi connectivity index (χ2n) is 6.70. The van der Waals surface area contributed by atoms with E-state index in [2.05, 4.69) is 10.3 Å². The number of likely N-dealkylation sites (N-methyl/N-ethyl adjacent to an activating group) is 1. The molecular weight excluding hydrogens is 379 g/mol. The number of carbonyl (C=O) groups excluding carboxylic acids is 2. The molecule has 0 saturated carbocycles. The maximum Gasteiger partial charge on any atom is 0.325 e. The third-order valence-electron chi connectivity index (χ3n) is 4.80. The molecule has 1 N–H and O–H groups in total. The molecule has 0 aliphatic carbocycles. The monoisotopic (exact) mass is 398 g/mol. The highest BCUT2D eigenvalue weighted by atomic mass is 32.2. The molecule has 2 aliphatic rings. The number of hydrogen-bond acceptors (Lipinski definition) is 5. The summed E-state index contributed by atoms with van der Waals surface area (Å²) in [4.78, 5) is 32.6. The van der Waals surface area contributed by atoms with Gasteiger partial charge in [-0.3, -0.25) is 10.1 Å². The molecule has 2 unspecified atom stereocenters. The fourth-order valence-corrected chi connectivity index (χ4v) is 4.31. The fourth-order valence-electron chi connectivity index (χ4n) is 3.30. The van der Waals surface area contributed by atoms with Crippen LogP contribution >= 0.6 is 11.8 Å². The Kier molecular flexibility index (Phi) is 5.04. The van der Waals surface area contributed by atoms with Gasteiger partial charge < -0.3 is 9.80 Å². The standard InChI is InChI=1S/C20H19FN4O2S/c1-24-17-16(18(26)23-19(24)27)25(11-13-5-3-2-4-6-13)20(22-17)28-12-14-7-9-15(21)10-8-14/h2-10,16-17H,11-12H2,1H3,(H,23,26,27). The number of urea groups is 1. The Morgan fingerprint density at radius 3 is 2.50 bits per heavy atom. The number of thioether (sulfide) groups is 1. The van der Waals surface area contributed by atoms with Crippen molar-refractivity contribution < 1.29 is 14.0 Å². The van der Waals surface area contributed by atoms with E-state index < -0.39 is 18.2 Å². The SMILES string of the molecule is CN1C(=O)NC(=O)C2C1N=C(SCc1ccc(F)cc1)N2Cc1ccccc1. The molecule has 144 valence electrons. The van der Waals surface area contributed by atoms with Gasteiger partial charge in [0.1, 0.15) is 5.82 Å². The second kappa shape index (κ2) is 7.63. The van der Waals surface area contributed by atoms with E-state index in [1.165, 1.54) is 28.8 Å². The summed E-state index contributed by atoms with van der Waals surface area (Å²) in [7, 11) is 1.64. The number of fused-ring (bicyclic) bond motifs is 1. The number of amides is 3. The number of nitrogens with zero attached hydrogens (tertiary/aromatic N) is 3. The minimum Gasteiger partial charge on any atom is -0.331 e. The lowest BCUT2D eigenvalue weighted by Gasteiger charge is -2.36. The molecule has 6 nitrogen and oxygen atoms in total. The highest BCUT2D eigenvalue weighted by molar-refractivity contribution is 8.13. The lowest BCUT2D eigenvalue weighted by atomic mass is 10.1. The van der Waals surface area contributed by atoms with Crippen molar-refractivity contribution in [2.24, 2.45) is 4.99 Å². The summed E-state index contributed by atoms with van der Waals surface area (Å²) < 4.78 is 13.1. The first-order valence-corrected chi connectivity index (χ1v) is 9.85. The molecule has 2 aromatic carbocycles. The number of aliphatic imine (C=N–C) groups is 1. The first-order valence-electron chi connectivity index (χ1n) is 8.86. The van der Waals surface area contributed by atoms with E-state index in [1.54, 1.807) is 19.2 Å². The van der Waals surface area contributed by atoms with Gasteiger partial charge in [0, 0.05) is 19.3 Å². The van der Waals surface area contributed by atoms with Gasteiger partial charge in [0.25, 0.3) is 5.91 Å². The Morgan fingerprint density at radius 1 is 1.07 bits per heavy atom. The summed E-state index contributed by atoms with van der Waals surface area (Å²) in [5, 5.41) is 3.09. The van der Waals surface area contributed by atoms with Crippen LogP contribution in [-0.2, 0) is 17.1 Å². The zero-order valence-electron chi connectivity index (χ0n) is 15.2. The van der Waals surface area contributed by atoms with Crippen LogP contribution in [0.5, 0.6) is 0 Å². The number of carbonyl (C=O) groups is 2. The van der Waals surface area contributed by atoms with Gasteiger partial charge in [-0.1, -0.05) is 54.2 Å². The van der Waals surface area contributed by atoms with Crippen LogP contribution in [0, 0.1) is 5.82 Å². The number of halogens is 1. The predicted molar refractivity (Wildman–Crippen MR) is 106 cm³/mol. The average Bonchev–Trinajstić information content (AvgIpc) is 3.05. The molecule has 1 fully saturated rings. The average molecular weight is 398 g/mol. The first-order chi connectivity index (χ1) is 13.5. The Labute approximate surface area is 166 Å². The van der Waals surface area contributed by atoms with Gasteiger partial charge in [-0.2, -0.15) is 0 Å². The Hall–Kier alpha value is -2.87. The van der Waals surface area contributed by atoms with E-state index in [0.717, 1.165) is 11.1 Å². The number of rotatable bonds is 4. The summed E-state index contributed by atoms with van der Waals surface area (Å²) in [6.45, 7) is 0.507. The molecule has 2 atom stereocenters. The number of imide groups is 1. The molecular formula is C20H19FN4O2S. The summed E-state index contributed by atoms with van der Waals surface area (Å²) in [6.07, 6.45) is -0.555. The van der Waals surface area contributed by atoms with E-state index >= 15 is 0 Å². The molecule has 0 aromatic heterocycles. The minimum absolute atomic E-state index is 0.277. The van der Waals surface area contributed by atoms with Crippen molar-refractivity contribution in [2.45, 2.75) is 24.5 Å². The van der Waals surface area contributed by atoms with Crippen molar-refractivity contribution in [3.05, 3.63) is 71.5 Å². The molecule has 3 amide bonds. The summed E-state index contributed by atoms with van der Waals surface area (Å²) in [5.41, 5.74) is 2.00. The quantitative estimate of drug-likeness (QED) is 0.860. The van der Waals surface area contributed by atoms with E-state index in [1.807, 2.05) is 35.2 Å². The maximum absolute atomic E-state index is 13.1. The normalized spacial score (nSPS) is 21.4. The predicted octanol–water partition coefficient (Wildman–Crippen LogP) is 2.81. The van der Waals surface area contributed by atoms with E-state index in [4.69, 9.17) is 0 Å². The second-order valence-corrected chi connectivity index (χ2v) is 7.65. The van der Waals surface area contributed by atoms with Crippen LogP contribution in [0.1, 0.15) is 11.1 Å². The van der Waals surface area contributed by atoms with Crippen molar-refractivity contribution in [1.82, 2.24) is 15.1 Å². The van der Waals surface area contributed by atoms with Crippen LogP contribution in [-0.4, -0.2) is 46.2 Å². The van der Waals surface area contributed by atoms with E-state index in [9.17, 15) is 14.0 Å². The van der Waals surface area contributed by atoms with E-state index in [-0.39, 0.29) is 11.7 Å². The van der Waals surface area contributed by atoms with Gasteiger partial charge in [-0.25, -0.2) is 14.2 Å². The fraction of sp³-hybridized carbons (Fsp3) is 0.250. The van der Waals surface area contributed by atoms with Crippen LogP contribution in [0.15, 0.2) is 59.6 Å². The topological polar surface area (TPSA) is 65.0 Å². The molecule has 2 heterocycles. The van der Waals surface area contributed by atoms with Gasteiger partial charge >= 0.3 is 6.03 Å². The van der Waals surface area contributed by atoms with Gasteiger partial charge in [0.05, 0.1) is 0 Å². The van der Waals surface area contributed by atoms with E-state index in [0.29, 0.717) is 17.5 Å². The van der Waals surface area contributed by atoms with Crippen LogP contribution in [0.3, 0.4) is 0 Å². The minimum atomic E-state index is -0.571. The summed E-state index contributed by atoms with van der Waals surface area (Å²) >= 11 is 1.48. The van der Waals surface area contributed by atoms with Gasteiger partial charge in [-0.05, 0) is 23.3 Å².